The highest BCUT2D eigenvalue weighted by Crippen LogP contribution is 2.26. The first-order chi connectivity index (χ1) is 12.2. The van der Waals surface area contributed by atoms with Gasteiger partial charge in [0.25, 0.3) is 0 Å². The molecule has 2 aromatic rings. The van der Waals surface area contributed by atoms with Gasteiger partial charge in [0.1, 0.15) is 0 Å². The molecule has 0 spiro atoms. The first kappa shape index (κ1) is 20.4. The van der Waals surface area contributed by atoms with Gasteiger partial charge in [-0.25, -0.2) is 12.7 Å². The average molecular weight is 396 g/mol. The summed E-state index contributed by atoms with van der Waals surface area (Å²) in [5.41, 5.74) is 1.33. The summed E-state index contributed by atoms with van der Waals surface area (Å²) in [5, 5.41) is 6.04. The zero-order valence-electron chi connectivity index (χ0n) is 14.9. The van der Waals surface area contributed by atoms with E-state index in [9.17, 15) is 13.2 Å². The number of carbonyl (C=O) groups excluding carboxylic acids is 1. The van der Waals surface area contributed by atoms with Crippen molar-refractivity contribution in [3.8, 4) is 0 Å². The molecule has 0 bridgehead atoms. The van der Waals surface area contributed by atoms with Crippen molar-refractivity contribution < 1.29 is 13.2 Å². The summed E-state index contributed by atoms with van der Waals surface area (Å²) in [5.74, 6) is -0.311. The molecule has 0 aliphatic heterocycles. The number of amides is 1. The Bertz CT molecular complexity index is 871. The molecule has 0 saturated heterocycles. The molecule has 26 heavy (non-hydrogen) atoms. The van der Waals surface area contributed by atoms with Crippen molar-refractivity contribution in [1.29, 1.82) is 0 Å². The molecule has 0 aliphatic carbocycles. The molecule has 0 heterocycles. The maximum atomic E-state index is 12.2. The van der Waals surface area contributed by atoms with Gasteiger partial charge in [0.2, 0.25) is 15.9 Å². The molecular formula is C18H22ClN3O3S. The first-order valence-electron chi connectivity index (χ1n) is 8.02. The largest absolute Gasteiger partial charge is 0.324 e. The molecule has 2 N–H and O–H groups in total. The van der Waals surface area contributed by atoms with E-state index in [-0.39, 0.29) is 34.1 Å². The van der Waals surface area contributed by atoms with Gasteiger partial charge in [-0.2, -0.15) is 0 Å². The minimum atomic E-state index is -3.61. The van der Waals surface area contributed by atoms with Crippen molar-refractivity contribution in [2.75, 3.05) is 26.0 Å². The molecule has 1 atom stereocenters. The minimum Gasteiger partial charge on any atom is -0.324 e. The smallest absolute Gasteiger partial charge is 0.242 e. The fourth-order valence-corrected chi connectivity index (χ4v) is 3.36. The van der Waals surface area contributed by atoms with Crippen LogP contribution in [0, 0.1) is 0 Å². The van der Waals surface area contributed by atoms with Gasteiger partial charge < -0.3 is 10.6 Å². The molecule has 0 aromatic heterocycles. The van der Waals surface area contributed by atoms with Gasteiger partial charge >= 0.3 is 0 Å². The zero-order valence-corrected chi connectivity index (χ0v) is 16.4. The maximum Gasteiger partial charge on any atom is 0.242 e. The molecule has 1 amide bonds. The SMILES string of the molecule is C[C@H](NCC(=O)Nc1cc(S(=O)(=O)N(C)C)ccc1Cl)c1ccccc1. The van der Waals surface area contributed by atoms with Crippen molar-refractivity contribution >= 4 is 33.2 Å². The quantitative estimate of drug-likeness (QED) is 0.755. The molecule has 0 fully saturated rings. The van der Waals surface area contributed by atoms with E-state index in [1.807, 2.05) is 37.3 Å². The zero-order chi connectivity index (χ0) is 19.3. The maximum absolute atomic E-state index is 12.2. The lowest BCUT2D eigenvalue weighted by atomic mass is 10.1. The lowest BCUT2D eigenvalue weighted by molar-refractivity contribution is -0.115. The van der Waals surface area contributed by atoms with Crippen LogP contribution in [0.2, 0.25) is 5.02 Å². The van der Waals surface area contributed by atoms with Crippen LogP contribution in [0.4, 0.5) is 5.69 Å². The highest BCUT2D eigenvalue weighted by Gasteiger charge is 2.19. The number of rotatable bonds is 7. The number of benzene rings is 2. The molecule has 8 heteroatoms. The highest BCUT2D eigenvalue weighted by atomic mass is 35.5. The van der Waals surface area contributed by atoms with Crippen molar-refractivity contribution in [3.63, 3.8) is 0 Å². The van der Waals surface area contributed by atoms with Gasteiger partial charge in [-0.05, 0) is 30.7 Å². The third kappa shape index (κ3) is 5.04. The summed E-state index contributed by atoms with van der Waals surface area (Å²) in [7, 11) is -0.723. The standard InChI is InChI=1S/C18H22ClN3O3S/c1-13(14-7-5-4-6-8-14)20-12-18(23)21-17-11-15(9-10-16(17)19)26(24,25)22(2)3/h4-11,13,20H,12H2,1-3H3,(H,21,23)/t13-/m0/s1. The second kappa shape index (κ2) is 8.64. The van der Waals surface area contributed by atoms with Crippen LogP contribution in [-0.4, -0.2) is 39.3 Å². The normalized spacial score (nSPS) is 12.8. The Labute approximate surface area is 159 Å². The highest BCUT2D eigenvalue weighted by molar-refractivity contribution is 7.89. The van der Waals surface area contributed by atoms with Gasteiger partial charge in [-0.15, -0.1) is 0 Å². The van der Waals surface area contributed by atoms with E-state index in [2.05, 4.69) is 10.6 Å². The molecule has 0 radical (unpaired) electrons. The molecule has 2 rings (SSSR count). The van der Waals surface area contributed by atoms with Gasteiger partial charge in [-0.1, -0.05) is 41.9 Å². The number of anilines is 1. The Kier molecular flexibility index (Phi) is 6.77. The molecule has 140 valence electrons. The van der Waals surface area contributed by atoms with Crippen LogP contribution in [0.15, 0.2) is 53.4 Å². The number of nitrogens with zero attached hydrogens (tertiary/aromatic N) is 1. The Morgan fingerprint density at radius 2 is 1.81 bits per heavy atom. The average Bonchev–Trinajstić information content (AvgIpc) is 2.62. The first-order valence-corrected chi connectivity index (χ1v) is 9.84. The molecule has 0 aliphatic rings. The molecular weight excluding hydrogens is 374 g/mol. The number of carbonyl (C=O) groups is 1. The Hall–Kier alpha value is -1.93. The van der Waals surface area contributed by atoms with Gasteiger partial charge in [-0.3, -0.25) is 4.79 Å². The van der Waals surface area contributed by atoms with Crippen LogP contribution < -0.4 is 10.6 Å². The summed E-state index contributed by atoms with van der Waals surface area (Å²) in [6.07, 6.45) is 0. The number of sulfonamides is 1. The Balaban J connectivity index is 2.05. The molecule has 0 unspecified atom stereocenters. The monoisotopic (exact) mass is 395 g/mol. The lowest BCUT2D eigenvalue weighted by Gasteiger charge is -2.16. The summed E-state index contributed by atoms with van der Waals surface area (Å²) >= 11 is 6.08. The van der Waals surface area contributed by atoms with Crippen molar-refractivity contribution in [1.82, 2.24) is 9.62 Å². The molecule has 2 aromatic carbocycles. The summed E-state index contributed by atoms with van der Waals surface area (Å²) in [6.45, 7) is 2.02. The van der Waals surface area contributed by atoms with E-state index in [1.54, 1.807) is 0 Å². The van der Waals surface area contributed by atoms with Crippen LogP contribution in [0.3, 0.4) is 0 Å². The fraction of sp³-hybridized carbons (Fsp3) is 0.278. The third-order valence-electron chi connectivity index (χ3n) is 3.86. The van der Waals surface area contributed by atoms with Crippen LogP contribution in [0.5, 0.6) is 0 Å². The third-order valence-corrected chi connectivity index (χ3v) is 6.00. The second-order valence-electron chi connectivity index (χ2n) is 5.99. The Morgan fingerprint density at radius 3 is 2.42 bits per heavy atom. The summed E-state index contributed by atoms with van der Waals surface area (Å²) in [4.78, 5) is 12.3. The van der Waals surface area contributed by atoms with Crippen molar-refractivity contribution in [2.45, 2.75) is 17.9 Å². The summed E-state index contributed by atoms with van der Waals surface area (Å²) < 4.78 is 25.5. The number of halogens is 1. The van der Waals surface area contributed by atoms with E-state index in [0.717, 1.165) is 9.87 Å². The van der Waals surface area contributed by atoms with Crippen LogP contribution in [-0.2, 0) is 14.8 Å². The lowest BCUT2D eigenvalue weighted by Crippen LogP contribution is -2.30. The van der Waals surface area contributed by atoms with E-state index in [0.29, 0.717) is 0 Å². The topological polar surface area (TPSA) is 78.5 Å². The second-order valence-corrected chi connectivity index (χ2v) is 8.55. The minimum absolute atomic E-state index is 0.00197. The number of hydrogen-bond acceptors (Lipinski definition) is 4. The molecule has 6 nitrogen and oxygen atoms in total. The van der Waals surface area contributed by atoms with Gasteiger partial charge in [0.05, 0.1) is 22.2 Å². The van der Waals surface area contributed by atoms with Crippen molar-refractivity contribution in [2.24, 2.45) is 0 Å². The number of nitrogens with one attached hydrogen (secondary N) is 2. The molecule has 0 saturated carbocycles. The Morgan fingerprint density at radius 1 is 1.15 bits per heavy atom. The van der Waals surface area contributed by atoms with Crippen LogP contribution in [0.25, 0.3) is 0 Å². The predicted molar refractivity (Wildman–Crippen MR) is 104 cm³/mol. The van der Waals surface area contributed by atoms with E-state index >= 15 is 0 Å². The fourth-order valence-electron chi connectivity index (χ4n) is 2.27. The summed E-state index contributed by atoms with van der Waals surface area (Å²) in [6, 6.07) is 14.0. The van der Waals surface area contributed by atoms with E-state index in [4.69, 9.17) is 11.6 Å². The number of hydrogen-bond donors (Lipinski definition) is 2. The van der Waals surface area contributed by atoms with Crippen LogP contribution >= 0.6 is 11.6 Å². The van der Waals surface area contributed by atoms with E-state index < -0.39 is 10.0 Å². The predicted octanol–water partition coefficient (Wildman–Crippen LogP) is 2.88. The van der Waals surface area contributed by atoms with Gasteiger partial charge in [0.15, 0.2) is 0 Å². The van der Waals surface area contributed by atoms with Crippen molar-refractivity contribution in [3.05, 3.63) is 59.1 Å². The van der Waals surface area contributed by atoms with Crippen LogP contribution in [0.1, 0.15) is 18.5 Å². The van der Waals surface area contributed by atoms with E-state index in [1.165, 1.54) is 32.3 Å². The van der Waals surface area contributed by atoms with Gasteiger partial charge in [0, 0.05) is 20.1 Å².